The molecule has 0 amide bonds. The molecule has 154 valence electrons. The van der Waals surface area contributed by atoms with Gasteiger partial charge in [-0.25, -0.2) is 0 Å². The van der Waals surface area contributed by atoms with Gasteiger partial charge < -0.3 is 15.4 Å². The van der Waals surface area contributed by atoms with Crippen molar-refractivity contribution in [2.45, 2.75) is 64.8 Å². The van der Waals surface area contributed by atoms with Gasteiger partial charge in [-0.15, -0.1) is 0 Å². The number of guanidine groups is 1. The van der Waals surface area contributed by atoms with Gasteiger partial charge >= 0.3 is 0 Å². The van der Waals surface area contributed by atoms with Crippen molar-refractivity contribution >= 4 is 5.96 Å². The van der Waals surface area contributed by atoms with Gasteiger partial charge in [-0.1, -0.05) is 44.2 Å². The van der Waals surface area contributed by atoms with E-state index in [9.17, 15) is 0 Å². The third-order valence-corrected chi connectivity index (χ3v) is 6.89. The molecule has 2 heterocycles. The minimum absolute atomic E-state index is 0.177. The molecule has 0 radical (unpaired) electrons. The summed E-state index contributed by atoms with van der Waals surface area (Å²) in [5, 5.41) is 7.49. The van der Waals surface area contributed by atoms with Crippen LogP contribution in [0, 0.1) is 11.3 Å². The molecule has 1 saturated carbocycles. The monoisotopic (exact) mass is 384 g/mol. The first-order chi connectivity index (χ1) is 13.6. The number of hydrogen-bond donors (Lipinski definition) is 2. The number of rotatable bonds is 5. The lowest BCUT2D eigenvalue weighted by Crippen LogP contribution is -2.68. The molecule has 3 atom stereocenters. The number of nitrogens with one attached hydrogen (secondary N) is 2. The van der Waals surface area contributed by atoms with Gasteiger partial charge in [0.15, 0.2) is 5.96 Å². The molecule has 5 heteroatoms. The van der Waals surface area contributed by atoms with Crippen LogP contribution in [0.1, 0.15) is 45.6 Å². The van der Waals surface area contributed by atoms with E-state index in [1.54, 1.807) is 0 Å². The highest BCUT2D eigenvalue weighted by molar-refractivity contribution is 5.80. The predicted molar refractivity (Wildman–Crippen MR) is 114 cm³/mol. The summed E-state index contributed by atoms with van der Waals surface area (Å²) in [6.07, 6.45) is 3.92. The first-order valence-corrected chi connectivity index (χ1v) is 11.0. The van der Waals surface area contributed by atoms with Crippen molar-refractivity contribution in [1.82, 2.24) is 15.5 Å². The number of piperidine rings is 1. The number of aliphatic imine (C=N–C) groups is 1. The predicted octanol–water partition coefficient (Wildman–Crippen LogP) is 3.02. The second-order valence-corrected chi connectivity index (χ2v) is 9.19. The summed E-state index contributed by atoms with van der Waals surface area (Å²) in [6, 6.07) is 11.8. The quantitative estimate of drug-likeness (QED) is 0.605. The molecule has 5 nitrogen and oxygen atoms in total. The van der Waals surface area contributed by atoms with E-state index in [2.05, 4.69) is 66.6 Å². The van der Waals surface area contributed by atoms with Crippen molar-refractivity contribution in [3.63, 3.8) is 0 Å². The molecule has 3 unspecified atom stereocenters. The molecule has 1 aromatic carbocycles. The lowest BCUT2D eigenvalue weighted by atomic mass is 9.57. The number of hydrogen-bond acceptors (Lipinski definition) is 3. The maximum atomic E-state index is 5.94. The average Bonchev–Trinajstić information content (AvgIpc) is 3.16. The van der Waals surface area contributed by atoms with E-state index in [1.807, 2.05) is 0 Å². The van der Waals surface area contributed by atoms with Crippen LogP contribution in [0.2, 0.25) is 0 Å². The molecule has 1 aromatic rings. The van der Waals surface area contributed by atoms with Gasteiger partial charge in [-0.2, -0.15) is 0 Å². The van der Waals surface area contributed by atoms with Gasteiger partial charge in [0.25, 0.3) is 0 Å². The molecule has 2 N–H and O–H groups in total. The Morgan fingerprint density at radius 2 is 1.89 bits per heavy atom. The molecule has 0 bridgehead atoms. The number of nitrogens with zero attached hydrogens (tertiary/aromatic N) is 2. The zero-order chi connectivity index (χ0) is 19.6. The van der Waals surface area contributed by atoms with Gasteiger partial charge in [0, 0.05) is 56.2 Å². The summed E-state index contributed by atoms with van der Waals surface area (Å²) in [7, 11) is 0. The second-order valence-electron chi connectivity index (χ2n) is 9.19. The topological polar surface area (TPSA) is 48.9 Å². The maximum absolute atomic E-state index is 5.94. The summed E-state index contributed by atoms with van der Waals surface area (Å²) >= 11 is 0. The molecule has 0 spiro atoms. The van der Waals surface area contributed by atoms with Crippen molar-refractivity contribution in [2.75, 3.05) is 26.2 Å². The summed E-state index contributed by atoms with van der Waals surface area (Å²) in [6.45, 7) is 11.8. The summed E-state index contributed by atoms with van der Waals surface area (Å²) < 4.78 is 5.94. The molecular weight excluding hydrogens is 348 g/mol. The fourth-order valence-corrected chi connectivity index (χ4v) is 5.33. The average molecular weight is 385 g/mol. The van der Waals surface area contributed by atoms with Gasteiger partial charge in [-0.3, -0.25) is 9.89 Å². The molecule has 2 aliphatic heterocycles. The zero-order valence-electron chi connectivity index (χ0n) is 17.7. The first kappa shape index (κ1) is 19.7. The molecular formula is C23H36N4O. The molecule has 2 saturated heterocycles. The number of likely N-dealkylation sites (tertiary alicyclic amines) is 1. The summed E-state index contributed by atoms with van der Waals surface area (Å²) in [5.74, 6) is 1.62. The third kappa shape index (κ3) is 4.06. The van der Waals surface area contributed by atoms with Crippen LogP contribution < -0.4 is 10.6 Å². The van der Waals surface area contributed by atoms with E-state index in [0.717, 1.165) is 38.7 Å². The van der Waals surface area contributed by atoms with Crippen LogP contribution in [0.15, 0.2) is 35.3 Å². The van der Waals surface area contributed by atoms with Crippen LogP contribution in [-0.4, -0.2) is 55.3 Å². The molecule has 3 fully saturated rings. The van der Waals surface area contributed by atoms with Gasteiger partial charge in [-0.05, 0) is 31.7 Å². The van der Waals surface area contributed by atoms with Gasteiger partial charge in [0.2, 0.25) is 0 Å². The number of ether oxygens (including phenoxy) is 1. The smallest absolute Gasteiger partial charge is 0.191 e. The minimum Gasteiger partial charge on any atom is -0.377 e. The standard InChI is InChI=1S/C23H36N4O/c1-4-24-22(26-20-19-12-15-28-21(19)23(20,2)3)25-18-10-13-27(14-11-18)16-17-8-6-5-7-9-17/h5-9,18-21H,4,10-16H2,1-3H3,(H2,24,25,26). The molecule has 28 heavy (non-hydrogen) atoms. The van der Waals surface area contributed by atoms with E-state index in [1.165, 1.54) is 24.8 Å². The Bertz CT molecular complexity index is 666. The van der Waals surface area contributed by atoms with Crippen LogP contribution >= 0.6 is 0 Å². The summed E-state index contributed by atoms with van der Waals surface area (Å²) in [5.41, 5.74) is 1.58. The highest BCUT2D eigenvalue weighted by Crippen LogP contribution is 2.52. The van der Waals surface area contributed by atoms with Crippen LogP contribution in [0.5, 0.6) is 0 Å². The van der Waals surface area contributed by atoms with Crippen LogP contribution in [0.25, 0.3) is 0 Å². The van der Waals surface area contributed by atoms with Crippen molar-refractivity contribution < 1.29 is 4.74 Å². The normalized spacial score (nSPS) is 30.5. The highest BCUT2D eigenvalue weighted by Gasteiger charge is 2.59. The van der Waals surface area contributed by atoms with Crippen molar-refractivity contribution in [3.05, 3.63) is 35.9 Å². The number of fused-ring (bicyclic) bond motifs is 1. The van der Waals surface area contributed by atoms with E-state index in [0.29, 0.717) is 24.1 Å². The van der Waals surface area contributed by atoms with E-state index in [4.69, 9.17) is 9.73 Å². The largest absolute Gasteiger partial charge is 0.377 e. The van der Waals surface area contributed by atoms with Crippen LogP contribution in [0.4, 0.5) is 0 Å². The van der Waals surface area contributed by atoms with Gasteiger partial charge in [0.05, 0.1) is 6.10 Å². The number of benzene rings is 1. The lowest BCUT2D eigenvalue weighted by molar-refractivity contribution is -0.106. The van der Waals surface area contributed by atoms with Crippen molar-refractivity contribution in [2.24, 2.45) is 16.3 Å². The Morgan fingerprint density at radius 1 is 1.14 bits per heavy atom. The van der Waals surface area contributed by atoms with Crippen LogP contribution in [0.3, 0.4) is 0 Å². The van der Waals surface area contributed by atoms with E-state index >= 15 is 0 Å². The van der Waals surface area contributed by atoms with E-state index in [-0.39, 0.29) is 5.41 Å². The molecule has 1 aliphatic carbocycles. The van der Waals surface area contributed by atoms with Crippen LogP contribution in [-0.2, 0) is 11.3 Å². The Labute approximate surface area is 169 Å². The SMILES string of the molecule is CCN=C(NC1CCN(Cc2ccccc2)CC1)NC1C2CCOC2C1(C)C. The zero-order valence-corrected chi connectivity index (χ0v) is 17.7. The summed E-state index contributed by atoms with van der Waals surface area (Å²) in [4.78, 5) is 7.31. The fourth-order valence-electron chi connectivity index (χ4n) is 5.33. The van der Waals surface area contributed by atoms with Crippen molar-refractivity contribution in [1.29, 1.82) is 0 Å². The Morgan fingerprint density at radius 3 is 2.61 bits per heavy atom. The molecule has 3 aliphatic rings. The third-order valence-electron chi connectivity index (χ3n) is 6.89. The Hall–Kier alpha value is -1.59. The second kappa shape index (κ2) is 8.42. The molecule has 0 aromatic heterocycles. The maximum Gasteiger partial charge on any atom is 0.191 e. The fraction of sp³-hybridized carbons (Fsp3) is 0.696. The van der Waals surface area contributed by atoms with Gasteiger partial charge in [0.1, 0.15) is 0 Å². The van der Waals surface area contributed by atoms with E-state index < -0.39 is 0 Å². The Balaban J connectivity index is 1.28. The Kier molecular flexibility index (Phi) is 5.93. The molecule has 4 rings (SSSR count). The highest BCUT2D eigenvalue weighted by atomic mass is 16.5. The first-order valence-electron chi connectivity index (χ1n) is 11.0. The van der Waals surface area contributed by atoms with Crippen molar-refractivity contribution in [3.8, 4) is 0 Å². The lowest BCUT2D eigenvalue weighted by Gasteiger charge is -2.55. The minimum atomic E-state index is 0.177.